The molecule has 0 radical (unpaired) electrons. The number of amides is 3. The van der Waals surface area contributed by atoms with Gasteiger partial charge in [0.05, 0.1) is 6.04 Å². The first kappa shape index (κ1) is 29.4. The van der Waals surface area contributed by atoms with Gasteiger partial charge in [0, 0.05) is 57.2 Å². The van der Waals surface area contributed by atoms with E-state index < -0.39 is 52.9 Å². The second kappa shape index (κ2) is 10.4. The van der Waals surface area contributed by atoms with Gasteiger partial charge in [0.25, 0.3) is 0 Å². The Labute approximate surface area is 254 Å². The molecular weight excluding hydrogens is 601 g/mol. The number of urea groups is 1. The van der Waals surface area contributed by atoms with Crippen molar-refractivity contribution in [2.75, 3.05) is 25.0 Å². The number of nitrogens with zero attached hydrogens (tertiary/aromatic N) is 6. The number of benzene rings is 1. The van der Waals surface area contributed by atoms with E-state index in [1.807, 2.05) is 6.07 Å². The van der Waals surface area contributed by atoms with Crippen molar-refractivity contribution < 1.29 is 36.3 Å². The lowest BCUT2D eigenvalue weighted by Crippen LogP contribution is -2.53. The van der Waals surface area contributed by atoms with Gasteiger partial charge in [0.15, 0.2) is 17.5 Å². The standard InChI is InChI=1S/C30H30F5N7O3/c1-40-23-19(5-3-13-36-23)29(45-27(40)44)11-14-41(15-12-29)26(43)37-21-8-7-17(18-4-2-6-20(31)22(18)32)16-42-24(21)38-39-25(42)28(9-10-28)30(33,34)35/h2-6,13,17,21H,7-12,14-16H2,1H3,(H,37,43)/t17-,21-/m1/s1. The van der Waals surface area contributed by atoms with Crippen molar-refractivity contribution in [1.29, 1.82) is 0 Å². The number of nitrogens with one attached hydrogen (secondary N) is 1. The smallest absolute Gasteiger partial charge is 0.416 e. The lowest BCUT2D eigenvalue weighted by Gasteiger charge is -2.45. The van der Waals surface area contributed by atoms with Gasteiger partial charge in [0.2, 0.25) is 0 Å². The number of carbonyl (C=O) groups excluding carboxylic acids is 2. The van der Waals surface area contributed by atoms with E-state index in [-0.39, 0.29) is 62.5 Å². The molecule has 7 rings (SSSR count). The van der Waals surface area contributed by atoms with Gasteiger partial charge in [-0.15, -0.1) is 10.2 Å². The average molecular weight is 632 g/mol. The van der Waals surface area contributed by atoms with Gasteiger partial charge >= 0.3 is 18.3 Å². The molecule has 2 aromatic heterocycles. The Balaban J connectivity index is 1.14. The number of hydrogen-bond acceptors (Lipinski definition) is 6. The number of fused-ring (bicyclic) bond motifs is 3. The molecule has 2 fully saturated rings. The van der Waals surface area contributed by atoms with E-state index in [2.05, 4.69) is 20.5 Å². The normalized spacial score (nSPS) is 23.6. The highest BCUT2D eigenvalue weighted by atomic mass is 19.4. The molecule has 45 heavy (non-hydrogen) atoms. The summed E-state index contributed by atoms with van der Waals surface area (Å²) in [5, 5.41) is 11.0. The van der Waals surface area contributed by atoms with E-state index in [1.54, 1.807) is 24.2 Å². The molecule has 3 aromatic rings. The SMILES string of the molecule is CN1C(=O)OC2(CCN(C(=O)N[C@@H]3CC[C@@H](c4cccc(F)c4F)Cn4c3nnc4C3(C(F)(F)F)CC3)CC2)c2cccnc21. The van der Waals surface area contributed by atoms with Crippen LogP contribution in [-0.4, -0.2) is 63.1 Å². The molecule has 10 nitrogen and oxygen atoms in total. The van der Waals surface area contributed by atoms with E-state index in [9.17, 15) is 31.5 Å². The van der Waals surface area contributed by atoms with Gasteiger partial charge in [-0.2, -0.15) is 13.2 Å². The van der Waals surface area contributed by atoms with Crippen molar-refractivity contribution in [3.8, 4) is 0 Å². The minimum Gasteiger partial charge on any atom is -0.437 e. The lowest BCUT2D eigenvalue weighted by molar-refractivity contribution is -0.163. The first-order valence-corrected chi connectivity index (χ1v) is 14.9. The predicted molar refractivity (Wildman–Crippen MR) is 148 cm³/mol. The molecule has 3 amide bonds. The number of piperidine rings is 1. The molecule has 3 aliphatic heterocycles. The maximum Gasteiger partial charge on any atom is 0.416 e. The van der Waals surface area contributed by atoms with Gasteiger partial charge < -0.3 is 19.5 Å². The molecule has 2 atom stereocenters. The molecule has 4 aliphatic rings. The fourth-order valence-corrected chi connectivity index (χ4v) is 6.98. The number of aromatic nitrogens is 4. The fourth-order valence-electron chi connectivity index (χ4n) is 6.98. The van der Waals surface area contributed by atoms with Crippen molar-refractivity contribution in [1.82, 2.24) is 30.0 Å². The third-order valence-electron chi connectivity index (χ3n) is 9.75. The van der Waals surface area contributed by atoms with Gasteiger partial charge in [0.1, 0.15) is 22.7 Å². The number of alkyl halides is 3. The fraction of sp³-hybridized carbons (Fsp3) is 0.500. The topological polar surface area (TPSA) is 105 Å². The predicted octanol–water partition coefficient (Wildman–Crippen LogP) is 5.45. The number of halogens is 5. The van der Waals surface area contributed by atoms with Crippen LogP contribution in [0.4, 0.5) is 37.4 Å². The number of pyridine rings is 1. The molecule has 0 bridgehead atoms. The Bertz CT molecular complexity index is 1670. The van der Waals surface area contributed by atoms with Crippen LogP contribution in [-0.2, 0) is 22.3 Å². The van der Waals surface area contributed by atoms with Crippen LogP contribution in [0.3, 0.4) is 0 Å². The zero-order valence-corrected chi connectivity index (χ0v) is 24.3. The number of anilines is 1. The lowest BCUT2D eigenvalue weighted by atomic mass is 9.83. The van der Waals surface area contributed by atoms with Gasteiger partial charge in [-0.3, -0.25) is 4.90 Å². The zero-order chi connectivity index (χ0) is 31.7. The number of likely N-dealkylation sites (tertiary alicyclic amines) is 1. The Morgan fingerprint density at radius 3 is 2.51 bits per heavy atom. The van der Waals surface area contributed by atoms with Crippen molar-refractivity contribution in [3.05, 3.63) is 70.9 Å². The van der Waals surface area contributed by atoms with E-state index in [0.717, 1.165) is 11.6 Å². The summed E-state index contributed by atoms with van der Waals surface area (Å²) in [5.41, 5.74) is -2.31. The number of hydrogen-bond donors (Lipinski definition) is 1. The average Bonchev–Trinajstić information content (AvgIpc) is 3.77. The van der Waals surface area contributed by atoms with Gasteiger partial charge in [-0.1, -0.05) is 12.1 Å². The number of rotatable bonds is 3. The third-order valence-corrected chi connectivity index (χ3v) is 9.75. The summed E-state index contributed by atoms with van der Waals surface area (Å²) >= 11 is 0. The molecule has 1 N–H and O–H groups in total. The molecule has 1 saturated carbocycles. The molecule has 0 unspecified atom stereocenters. The summed E-state index contributed by atoms with van der Waals surface area (Å²) in [4.78, 5) is 33.4. The van der Waals surface area contributed by atoms with Crippen molar-refractivity contribution in [2.24, 2.45) is 0 Å². The Morgan fingerprint density at radius 1 is 1.04 bits per heavy atom. The number of ether oxygens (including phenoxy) is 1. The summed E-state index contributed by atoms with van der Waals surface area (Å²) in [6.45, 7) is 0.369. The van der Waals surface area contributed by atoms with Gasteiger partial charge in [-0.05, 0) is 49.4 Å². The molecule has 15 heteroatoms. The molecule has 5 heterocycles. The molecule has 1 spiro atoms. The monoisotopic (exact) mass is 631 g/mol. The maximum absolute atomic E-state index is 14.9. The summed E-state index contributed by atoms with van der Waals surface area (Å²) < 4.78 is 78.9. The molecule has 1 aliphatic carbocycles. The maximum atomic E-state index is 14.9. The van der Waals surface area contributed by atoms with E-state index in [4.69, 9.17) is 4.74 Å². The van der Waals surface area contributed by atoms with Crippen LogP contribution in [0.5, 0.6) is 0 Å². The second-order valence-corrected chi connectivity index (χ2v) is 12.3. The van der Waals surface area contributed by atoms with E-state index in [0.29, 0.717) is 18.7 Å². The van der Waals surface area contributed by atoms with Crippen LogP contribution in [0.15, 0.2) is 36.5 Å². The van der Waals surface area contributed by atoms with Gasteiger partial charge in [-0.25, -0.2) is 23.4 Å². The van der Waals surface area contributed by atoms with Crippen LogP contribution in [0, 0.1) is 11.6 Å². The molecule has 1 aromatic carbocycles. The summed E-state index contributed by atoms with van der Waals surface area (Å²) in [6.07, 6.45) is -2.72. The van der Waals surface area contributed by atoms with Crippen molar-refractivity contribution >= 4 is 17.9 Å². The van der Waals surface area contributed by atoms with Crippen molar-refractivity contribution in [3.63, 3.8) is 0 Å². The summed E-state index contributed by atoms with van der Waals surface area (Å²) in [7, 11) is 1.58. The molecule has 238 valence electrons. The highest BCUT2D eigenvalue weighted by molar-refractivity contribution is 5.89. The van der Waals surface area contributed by atoms with Crippen LogP contribution in [0.2, 0.25) is 0 Å². The minimum atomic E-state index is -4.57. The Hall–Kier alpha value is -4.30. The van der Waals surface area contributed by atoms with Crippen LogP contribution in [0.25, 0.3) is 0 Å². The van der Waals surface area contributed by atoms with Crippen molar-refractivity contribution in [2.45, 2.75) is 74.2 Å². The van der Waals surface area contributed by atoms with E-state index >= 15 is 0 Å². The first-order chi connectivity index (χ1) is 21.4. The first-order valence-electron chi connectivity index (χ1n) is 14.9. The third kappa shape index (κ3) is 4.69. The molecule has 1 saturated heterocycles. The van der Waals surface area contributed by atoms with Crippen LogP contribution in [0.1, 0.15) is 73.3 Å². The largest absolute Gasteiger partial charge is 0.437 e. The Morgan fingerprint density at radius 2 is 1.80 bits per heavy atom. The second-order valence-electron chi connectivity index (χ2n) is 12.3. The summed E-state index contributed by atoms with van der Waals surface area (Å²) in [5.74, 6) is -2.40. The number of carbonyl (C=O) groups is 2. The highest BCUT2D eigenvalue weighted by Crippen LogP contribution is 2.59. The molecular formula is C30H30F5N7O3. The van der Waals surface area contributed by atoms with Crippen LogP contribution >= 0.6 is 0 Å². The zero-order valence-electron chi connectivity index (χ0n) is 24.3. The highest BCUT2D eigenvalue weighted by Gasteiger charge is 2.67. The Kier molecular flexibility index (Phi) is 6.78. The quantitative estimate of drug-likeness (QED) is 0.386. The van der Waals surface area contributed by atoms with Crippen LogP contribution < -0.4 is 10.2 Å². The summed E-state index contributed by atoms with van der Waals surface area (Å²) in [6, 6.07) is 6.09. The minimum absolute atomic E-state index is 0.0493. The van der Waals surface area contributed by atoms with E-state index in [1.165, 1.54) is 21.6 Å².